The van der Waals surface area contributed by atoms with Crippen molar-refractivity contribution in [2.45, 2.75) is 27.2 Å². The highest BCUT2D eigenvalue weighted by molar-refractivity contribution is 9.10. The first-order chi connectivity index (χ1) is 9.87. The molecule has 3 heterocycles. The molecule has 0 spiro atoms. The van der Waals surface area contributed by atoms with E-state index in [0.29, 0.717) is 22.8 Å². The van der Waals surface area contributed by atoms with Crippen LogP contribution in [0.3, 0.4) is 0 Å². The summed E-state index contributed by atoms with van der Waals surface area (Å²) in [4.78, 5) is 15.5. The maximum atomic E-state index is 6.17. The molecule has 0 aliphatic carbocycles. The average Bonchev–Trinajstić information content (AvgIpc) is 2.97. The van der Waals surface area contributed by atoms with E-state index in [9.17, 15) is 0 Å². The lowest BCUT2D eigenvalue weighted by Crippen LogP contribution is -2.11. The highest BCUT2D eigenvalue weighted by atomic mass is 79.9. The van der Waals surface area contributed by atoms with E-state index in [-0.39, 0.29) is 5.41 Å². The van der Waals surface area contributed by atoms with Crippen molar-refractivity contribution in [2.75, 3.05) is 5.73 Å². The SMILES string of the molecule is CC(C)(C)Cc1nn(-c2ncnc3nc[nH]c23)c(N)c1Br. The fourth-order valence-corrected chi connectivity index (χ4v) is 2.54. The number of H-pyrrole nitrogens is 1. The molecule has 21 heavy (non-hydrogen) atoms. The van der Waals surface area contributed by atoms with Gasteiger partial charge in [0.25, 0.3) is 0 Å². The van der Waals surface area contributed by atoms with Crippen LogP contribution in [-0.4, -0.2) is 29.7 Å². The van der Waals surface area contributed by atoms with Crippen molar-refractivity contribution in [3.63, 3.8) is 0 Å². The third-order valence-electron chi connectivity index (χ3n) is 3.03. The molecule has 0 aliphatic rings. The van der Waals surface area contributed by atoms with Gasteiger partial charge in [0, 0.05) is 0 Å². The molecule has 0 atom stereocenters. The molecule has 0 bridgehead atoms. The fourth-order valence-electron chi connectivity index (χ4n) is 2.15. The minimum Gasteiger partial charge on any atom is -0.383 e. The number of rotatable bonds is 2. The molecular formula is C13H16BrN7. The third-order valence-corrected chi connectivity index (χ3v) is 3.89. The number of nitrogen functional groups attached to an aromatic ring is 1. The number of fused-ring (bicyclic) bond motifs is 1. The number of hydrogen-bond donors (Lipinski definition) is 2. The molecule has 0 saturated carbocycles. The van der Waals surface area contributed by atoms with Gasteiger partial charge in [0.2, 0.25) is 0 Å². The van der Waals surface area contributed by atoms with Crippen molar-refractivity contribution in [1.29, 1.82) is 0 Å². The molecule has 3 aromatic heterocycles. The summed E-state index contributed by atoms with van der Waals surface area (Å²) in [5, 5.41) is 4.60. The first kappa shape index (κ1) is 14.0. The smallest absolute Gasteiger partial charge is 0.184 e. The van der Waals surface area contributed by atoms with Crippen LogP contribution in [0.25, 0.3) is 17.0 Å². The van der Waals surface area contributed by atoms with Gasteiger partial charge in [-0.05, 0) is 27.8 Å². The summed E-state index contributed by atoms with van der Waals surface area (Å²) < 4.78 is 2.43. The van der Waals surface area contributed by atoms with Crippen molar-refractivity contribution in [3.8, 4) is 5.82 Å². The summed E-state index contributed by atoms with van der Waals surface area (Å²) in [6.45, 7) is 6.48. The first-order valence-electron chi connectivity index (χ1n) is 6.54. The van der Waals surface area contributed by atoms with E-state index in [1.165, 1.54) is 6.33 Å². The van der Waals surface area contributed by atoms with E-state index in [1.807, 2.05) is 0 Å². The second-order valence-corrected chi connectivity index (χ2v) is 6.89. The predicted octanol–water partition coefficient (Wildman–Crippen LogP) is 2.47. The molecule has 0 amide bonds. The summed E-state index contributed by atoms with van der Waals surface area (Å²) in [6.07, 6.45) is 3.84. The topological polar surface area (TPSA) is 98.3 Å². The molecule has 110 valence electrons. The Kier molecular flexibility index (Phi) is 3.20. The van der Waals surface area contributed by atoms with Crippen LogP contribution in [0.4, 0.5) is 5.82 Å². The molecule has 0 radical (unpaired) electrons. The Morgan fingerprint density at radius 2 is 2.05 bits per heavy atom. The quantitative estimate of drug-likeness (QED) is 0.740. The van der Waals surface area contributed by atoms with Gasteiger partial charge in [0.1, 0.15) is 17.7 Å². The zero-order chi connectivity index (χ0) is 15.2. The second-order valence-electron chi connectivity index (χ2n) is 6.09. The monoisotopic (exact) mass is 349 g/mol. The molecule has 0 saturated heterocycles. The van der Waals surface area contributed by atoms with E-state index in [1.54, 1.807) is 11.0 Å². The molecule has 3 aromatic rings. The van der Waals surface area contributed by atoms with Gasteiger partial charge in [-0.25, -0.2) is 15.0 Å². The normalized spacial score (nSPS) is 12.2. The molecule has 3 N–H and O–H groups in total. The molecule has 0 aliphatic heterocycles. The van der Waals surface area contributed by atoms with Crippen LogP contribution in [0, 0.1) is 5.41 Å². The number of anilines is 1. The van der Waals surface area contributed by atoms with Crippen LogP contribution >= 0.6 is 15.9 Å². The Hall–Kier alpha value is -1.96. The standard InChI is InChI=1S/C13H16BrN7/c1-13(2,3)4-7-8(14)10(15)21(20-7)12-9-11(17-5-16-9)18-6-19-12/h5-6H,4,15H2,1-3H3,(H,16,17,18,19). The Bertz CT molecular complexity index is 797. The lowest BCUT2D eigenvalue weighted by Gasteiger charge is -2.16. The molecular weight excluding hydrogens is 334 g/mol. The fraction of sp³-hybridized carbons (Fsp3) is 0.385. The second kappa shape index (κ2) is 4.80. The van der Waals surface area contributed by atoms with Crippen LogP contribution in [0.2, 0.25) is 0 Å². The zero-order valence-electron chi connectivity index (χ0n) is 12.1. The molecule has 0 fully saturated rings. The number of aromatic nitrogens is 6. The van der Waals surface area contributed by atoms with Gasteiger partial charge in [-0.2, -0.15) is 9.78 Å². The number of nitrogens with two attached hydrogens (primary N) is 1. The van der Waals surface area contributed by atoms with Crippen molar-refractivity contribution in [3.05, 3.63) is 22.8 Å². The van der Waals surface area contributed by atoms with E-state index >= 15 is 0 Å². The van der Waals surface area contributed by atoms with Gasteiger partial charge >= 0.3 is 0 Å². The van der Waals surface area contributed by atoms with Crippen LogP contribution in [-0.2, 0) is 6.42 Å². The van der Waals surface area contributed by atoms with E-state index in [2.05, 4.69) is 61.7 Å². The molecule has 3 rings (SSSR count). The maximum absolute atomic E-state index is 6.17. The third kappa shape index (κ3) is 2.51. The maximum Gasteiger partial charge on any atom is 0.184 e. The zero-order valence-corrected chi connectivity index (χ0v) is 13.6. The van der Waals surface area contributed by atoms with E-state index in [0.717, 1.165) is 16.6 Å². The first-order valence-corrected chi connectivity index (χ1v) is 7.33. The number of nitrogens with one attached hydrogen (secondary N) is 1. The lowest BCUT2D eigenvalue weighted by molar-refractivity contribution is 0.404. The molecule has 0 aromatic carbocycles. The highest BCUT2D eigenvalue weighted by Crippen LogP contribution is 2.31. The minimum absolute atomic E-state index is 0.114. The van der Waals surface area contributed by atoms with Crippen molar-refractivity contribution in [1.82, 2.24) is 29.7 Å². The van der Waals surface area contributed by atoms with Gasteiger partial charge < -0.3 is 10.7 Å². The summed E-state index contributed by atoms with van der Waals surface area (Å²) in [7, 11) is 0. The van der Waals surface area contributed by atoms with Crippen LogP contribution in [0.1, 0.15) is 26.5 Å². The largest absolute Gasteiger partial charge is 0.383 e. The van der Waals surface area contributed by atoms with Crippen LogP contribution in [0.5, 0.6) is 0 Å². The number of aromatic amines is 1. The van der Waals surface area contributed by atoms with Gasteiger partial charge in [-0.1, -0.05) is 20.8 Å². The number of hydrogen-bond acceptors (Lipinski definition) is 5. The Balaban J connectivity index is 2.15. The van der Waals surface area contributed by atoms with Crippen LogP contribution in [0.15, 0.2) is 17.1 Å². The average molecular weight is 350 g/mol. The summed E-state index contributed by atoms with van der Waals surface area (Å²) in [5.74, 6) is 1.11. The molecule has 0 unspecified atom stereocenters. The number of halogens is 1. The predicted molar refractivity (Wildman–Crippen MR) is 84.1 cm³/mol. The van der Waals surface area contributed by atoms with Gasteiger partial charge in [-0.15, -0.1) is 0 Å². The van der Waals surface area contributed by atoms with E-state index < -0.39 is 0 Å². The van der Waals surface area contributed by atoms with Crippen LogP contribution < -0.4 is 5.73 Å². The summed E-state index contributed by atoms with van der Waals surface area (Å²) >= 11 is 3.53. The van der Waals surface area contributed by atoms with Gasteiger partial charge in [-0.3, -0.25) is 0 Å². The highest BCUT2D eigenvalue weighted by Gasteiger charge is 2.22. The summed E-state index contributed by atoms with van der Waals surface area (Å²) in [5.41, 5.74) is 8.49. The number of nitrogens with zero attached hydrogens (tertiary/aromatic N) is 5. The minimum atomic E-state index is 0.114. The summed E-state index contributed by atoms with van der Waals surface area (Å²) in [6, 6.07) is 0. The van der Waals surface area contributed by atoms with E-state index in [4.69, 9.17) is 5.73 Å². The molecule has 7 nitrogen and oxygen atoms in total. The Morgan fingerprint density at radius 1 is 1.29 bits per heavy atom. The van der Waals surface area contributed by atoms with Crippen molar-refractivity contribution >= 4 is 32.9 Å². The Morgan fingerprint density at radius 3 is 2.76 bits per heavy atom. The van der Waals surface area contributed by atoms with Gasteiger partial charge in [0.15, 0.2) is 11.5 Å². The van der Waals surface area contributed by atoms with Crippen molar-refractivity contribution < 1.29 is 0 Å². The lowest BCUT2D eigenvalue weighted by atomic mass is 9.91. The Labute approximate surface area is 130 Å². The van der Waals surface area contributed by atoms with Gasteiger partial charge in [0.05, 0.1) is 16.5 Å². The number of imidazole rings is 1. The molecule has 8 heteroatoms. The van der Waals surface area contributed by atoms with Crippen molar-refractivity contribution in [2.24, 2.45) is 5.41 Å².